The Morgan fingerprint density at radius 2 is 1.85 bits per heavy atom. The fourth-order valence-electron chi connectivity index (χ4n) is 3.51. The molecule has 0 radical (unpaired) electrons. The van der Waals surface area contributed by atoms with Crippen LogP contribution < -0.4 is 0 Å². The van der Waals surface area contributed by atoms with Gasteiger partial charge in [0.25, 0.3) is 0 Å². The first-order chi connectivity index (χ1) is 9.56. The van der Waals surface area contributed by atoms with E-state index in [4.69, 9.17) is 0 Å². The number of fused-ring (bicyclic) bond motifs is 1. The lowest BCUT2D eigenvalue weighted by atomic mass is 9.63. The van der Waals surface area contributed by atoms with Crippen LogP contribution in [0.1, 0.15) is 55.2 Å². The molecular weight excluding hydrogens is 320 g/mol. The summed E-state index contributed by atoms with van der Waals surface area (Å²) in [5, 5.41) is 20.1. The average molecular weight is 339 g/mol. The molecule has 0 bridgehead atoms. The second kappa shape index (κ2) is 5.06. The van der Waals surface area contributed by atoms with E-state index in [0.29, 0.717) is 18.4 Å². The van der Waals surface area contributed by atoms with E-state index in [-0.39, 0.29) is 5.75 Å². The first-order valence-corrected chi connectivity index (χ1v) is 8.12. The summed E-state index contributed by atoms with van der Waals surface area (Å²) < 4.78 is 0.722. The molecule has 0 heterocycles. The summed E-state index contributed by atoms with van der Waals surface area (Å²) in [5.41, 5.74) is 2.13. The molecule has 2 aliphatic rings. The van der Waals surface area contributed by atoms with Crippen LogP contribution in [-0.4, -0.2) is 16.2 Å². The molecule has 0 amide bonds. The number of aromatic hydroxyl groups is 1. The first-order valence-electron chi connectivity index (χ1n) is 7.33. The number of carbonyl (C=O) groups is 1. The zero-order valence-corrected chi connectivity index (χ0v) is 13.0. The Kier molecular flexibility index (Phi) is 3.53. The first kappa shape index (κ1) is 13.9. The summed E-state index contributed by atoms with van der Waals surface area (Å²) in [6.07, 6.45) is 7.59. The van der Waals surface area contributed by atoms with E-state index in [1.807, 2.05) is 6.07 Å². The second-order valence-electron chi connectivity index (χ2n) is 6.03. The van der Waals surface area contributed by atoms with Crippen molar-refractivity contribution in [3.63, 3.8) is 0 Å². The normalized spacial score (nSPS) is 20.6. The van der Waals surface area contributed by atoms with Gasteiger partial charge in [0, 0.05) is 5.56 Å². The van der Waals surface area contributed by atoms with Gasteiger partial charge in [0.05, 0.1) is 9.89 Å². The van der Waals surface area contributed by atoms with Gasteiger partial charge in [-0.15, -0.1) is 0 Å². The molecule has 4 heteroatoms. The zero-order chi connectivity index (χ0) is 14.3. The Hall–Kier alpha value is -1.03. The van der Waals surface area contributed by atoms with Crippen LogP contribution in [0, 0.1) is 0 Å². The Morgan fingerprint density at radius 1 is 1.15 bits per heavy atom. The van der Waals surface area contributed by atoms with Gasteiger partial charge in [-0.25, -0.2) is 0 Å². The van der Waals surface area contributed by atoms with Gasteiger partial charge >= 0.3 is 5.97 Å². The molecule has 108 valence electrons. The quantitative estimate of drug-likeness (QED) is 0.803. The SMILES string of the molecule is O=C(O)C1(c2cc3c(c(Br)c2O)CCCCC3)CCC1. The topological polar surface area (TPSA) is 57.5 Å². The van der Waals surface area contributed by atoms with Crippen molar-refractivity contribution in [2.45, 2.75) is 56.8 Å². The molecule has 0 aliphatic heterocycles. The van der Waals surface area contributed by atoms with Crippen molar-refractivity contribution in [3.8, 4) is 5.75 Å². The molecule has 0 saturated heterocycles. The molecule has 1 aromatic rings. The van der Waals surface area contributed by atoms with Gasteiger partial charge in [-0.2, -0.15) is 0 Å². The predicted octanol–water partition coefficient (Wildman–Crippen LogP) is 3.93. The van der Waals surface area contributed by atoms with Gasteiger partial charge in [-0.1, -0.05) is 18.9 Å². The lowest BCUT2D eigenvalue weighted by Gasteiger charge is -2.39. The van der Waals surface area contributed by atoms with Crippen molar-refractivity contribution in [3.05, 3.63) is 27.2 Å². The van der Waals surface area contributed by atoms with Crippen molar-refractivity contribution in [2.75, 3.05) is 0 Å². The molecule has 0 spiro atoms. The molecule has 2 aliphatic carbocycles. The van der Waals surface area contributed by atoms with Crippen LogP contribution in [-0.2, 0) is 23.1 Å². The molecule has 2 N–H and O–H groups in total. The van der Waals surface area contributed by atoms with E-state index in [1.54, 1.807) is 0 Å². The highest BCUT2D eigenvalue weighted by molar-refractivity contribution is 9.10. The smallest absolute Gasteiger partial charge is 0.314 e. The third-order valence-electron chi connectivity index (χ3n) is 4.94. The highest BCUT2D eigenvalue weighted by atomic mass is 79.9. The van der Waals surface area contributed by atoms with E-state index in [0.717, 1.165) is 36.6 Å². The highest BCUT2D eigenvalue weighted by Crippen LogP contribution is 2.50. The molecular formula is C16H19BrO3. The zero-order valence-electron chi connectivity index (χ0n) is 11.4. The van der Waals surface area contributed by atoms with Crippen LogP contribution in [0.4, 0.5) is 0 Å². The molecule has 20 heavy (non-hydrogen) atoms. The Morgan fingerprint density at radius 3 is 2.45 bits per heavy atom. The minimum atomic E-state index is -0.867. The summed E-state index contributed by atoms with van der Waals surface area (Å²) in [6.45, 7) is 0. The third-order valence-corrected chi connectivity index (χ3v) is 5.79. The number of phenolic OH excluding ortho intramolecular Hbond substituents is 1. The maximum atomic E-state index is 11.7. The Labute approximate surface area is 127 Å². The molecule has 1 fully saturated rings. The summed E-state index contributed by atoms with van der Waals surface area (Å²) >= 11 is 3.50. The number of aliphatic carboxylic acids is 1. The van der Waals surface area contributed by atoms with E-state index in [2.05, 4.69) is 15.9 Å². The number of aryl methyl sites for hydroxylation is 1. The minimum Gasteiger partial charge on any atom is -0.506 e. The van der Waals surface area contributed by atoms with Crippen LogP contribution in [0.15, 0.2) is 10.5 Å². The van der Waals surface area contributed by atoms with E-state index in [1.165, 1.54) is 17.5 Å². The molecule has 0 aromatic heterocycles. The van der Waals surface area contributed by atoms with Gasteiger partial charge in [-0.05, 0) is 65.6 Å². The van der Waals surface area contributed by atoms with Crippen molar-refractivity contribution >= 4 is 21.9 Å². The average Bonchev–Trinajstić information content (AvgIpc) is 2.58. The lowest BCUT2D eigenvalue weighted by Crippen LogP contribution is -2.42. The number of hydrogen-bond donors (Lipinski definition) is 2. The van der Waals surface area contributed by atoms with E-state index < -0.39 is 11.4 Å². The van der Waals surface area contributed by atoms with Crippen molar-refractivity contribution in [1.29, 1.82) is 0 Å². The number of benzene rings is 1. The standard InChI is InChI=1S/C16H19BrO3/c17-13-11-6-3-1-2-5-10(11)9-12(14(13)18)16(15(19)20)7-4-8-16/h9,18H,1-8H2,(H,19,20). The number of carboxylic acids is 1. The number of halogens is 1. The highest BCUT2D eigenvalue weighted by Gasteiger charge is 2.48. The molecule has 1 saturated carbocycles. The van der Waals surface area contributed by atoms with Gasteiger partial charge in [0.1, 0.15) is 5.75 Å². The maximum absolute atomic E-state index is 11.7. The molecule has 0 unspecified atom stereocenters. The number of phenols is 1. The lowest BCUT2D eigenvalue weighted by molar-refractivity contribution is -0.147. The molecule has 3 rings (SSSR count). The van der Waals surface area contributed by atoms with Crippen LogP contribution in [0.25, 0.3) is 0 Å². The largest absolute Gasteiger partial charge is 0.506 e. The molecule has 0 atom stereocenters. The summed E-state index contributed by atoms with van der Waals surface area (Å²) in [6, 6.07) is 1.97. The van der Waals surface area contributed by atoms with E-state index in [9.17, 15) is 15.0 Å². The molecule has 1 aromatic carbocycles. The van der Waals surface area contributed by atoms with Gasteiger partial charge in [-0.3, -0.25) is 4.79 Å². The summed E-state index contributed by atoms with van der Waals surface area (Å²) in [7, 11) is 0. The van der Waals surface area contributed by atoms with Crippen molar-refractivity contribution in [2.24, 2.45) is 0 Å². The predicted molar refractivity (Wildman–Crippen MR) is 80.2 cm³/mol. The summed E-state index contributed by atoms with van der Waals surface area (Å²) in [4.78, 5) is 11.7. The number of carboxylic acid groups (broad SMARTS) is 1. The molecule has 3 nitrogen and oxygen atoms in total. The van der Waals surface area contributed by atoms with Crippen LogP contribution in [0.3, 0.4) is 0 Å². The van der Waals surface area contributed by atoms with Crippen molar-refractivity contribution in [1.82, 2.24) is 0 Å². The number of hydrogen-bond acceptors (Lipinski definition) is 2. The van der Waals surface area contributed by atoms with Crippen LogP contribution in [0.5, 0.6) is 5.75 Å². The minimum absolute atomic E-state index is 0.146. The van der Waals surface area contributed by atoms with Crippen LogP contribution in [0.2, 0.25) is 0 Å². The van der Waals surface area contributed by atoms with Gasteiger partial charge in [0.15, 0.2) is 0 Å². The summed E-state index contributed by atoms with van der Waals surface area (Å²) in [5.74, 6) is -0.660. The van der Waals surface area contributed by atoms with Crippen LogP contribution >= 0.6 is 15.9 Å². The Bertz CT molecular complexity index is 561. The van der Waals surface area contributed by atoms with Gasteiger partial charge < -0.3 is 10.2 Å². The third kappa shape index (κ3) is 1.96. The fraction of sp³-hybridized carbons (Fsp3) is 0.562. The van der Waals surface area contributed by atoms with Crippen molar-refractivity contribution < 1.29 is 15.0 Å². The number of rotatable bonds is 2. The monoisotopic (exact) mass is 338 g/mol. The van der Waals surface area contributed by atoms with Gasteiger partial charge in [0.2, 0.25) is 0 Å². The fourth-order valence-corrected chi connectivity index (χ4v) is 4.18. The maximum Gasteiger partial charge on any atom is 0.314 e. The second-order valence-corrected chi connectivity index (χ2v) is 6.82. The van der Waals surface area contributed by atoms with E-state index >= 15 is 0 Å². The Balaban J connectivity index is 2.15.